The number of carbonyl (C=O) groups is 1. The number of furan rings is 1. The summed E-state index contributed by atoms with van der Waals surface area (Å²) in [6.07, 6.45) is 1.50. The maximum atomic E-state index is 12.4. The van der Waals surface area contributed by atoms with Gasteiger partial charge in [-0.15, -0.1) is 0 Å². The Labute approximate surface area is 152 Å². The largest absolute Gasteiger partial charge is 0.461 e. The molecule has 4 rings (SSSR count). The van der Waals surface area contributed by atoms with Crippen LogP contribution in [0.3, 0.4) is 0 Å². The van der Waals surface area contributed by atoms with Crippen LogP contribution in [0.1, 0.15) is 10.4 Å². The van der Waals surface area contributed by atoms with Gasteiger partial charge in [0.25, 0.3) is 0 Å². The Hall–Kier alpha value is -3.31. The molecule has 0 saturated heterocycles. The second-order valence-electron chi connectivity index (χ2n) is 5.51. The van der Waals surface area contributed by atoms with Crippen molar-refractivity contribution < 1.29 is 18.4 Å². The zero-order valence-corrected chi connectivity index (χ0v) is 14.0. The smallest absolute Gasteiger partial charge is 0.343 e. The third kappa shape index (κ3) is 3.12. The van der Waals surface area contributed by atoms with E-state index in [9.17, 15) is 9.59 Å². The van der Waals surface area contributed by atoms with Crippen molar-refractivity contribution >= 4 is 28.5 Å². The highest BCUT2D eigenvalue weighted by Crippen LogP contribution is 2.25. The summed E-state index contributed by atoms with van der Waals surface area (Å²) in [4.78, 5) is 24.6. The molecule has 4 aromatic rings. The van der Waals surface area contributed by atoms with Crippen molar-refractivity contribution in [3.8, 4) is 17.3 Å². The fraction of sp³-hybridized carbons (Fsp3) is 0. The van der Waals surface area contributed by atoms with Crippen LogP contribution in [0.5, 0.6) is 5.75 Å². The summed E-state index contributed by atoms with van der Waals surface area (Å²) in [6.45, 7) is 0. The summed E-state index contributed by atoms with van der Waals surface area (Å²) in [5.41, 5.74) is 0.419. The molecule has 0 unspecified atom stereocenters. The summed E-state index contributed by atoms with van der Waals surface area (Å²) in [5.74, 6) is 0.459. The Morgan fingerprint density at radius 1 is 0.962 bits per heavy atom. The fourth-order valence-electron chi connectivity index (χ4n) is 2.52. The Bertz CT molecular complexity index is 1160. The van der Waals surface area contributed by atoms with Gasteiger partial charge in [0.05, 0.1) is 17.2 Å². The molecule has 0 bridgehead atoms. The van der Waals surface area contributed by atoms with E-state index in [4.69, 9.17) is 25.2 Å². The summed E-state index contributed by atoms with van der Waals surface area (Å²) in [7, 11) is 0. The number of rotatable bonds is 3. The van der Waals surface area contributed by atoms with Gasteiger partial charge in [-0.1, -0.05) is 17.7 Å². The highest BCUT2D eigenvalue weighted by atomic mass is 35.5. The van der Waals surface area contributed by atoms with Crippen LogP contribution in [-0.2, 0) is 0 Å². The molecule has 128 valence electrons. The van der Waals surface area contributed by atoms with E-state index in [2.05, 4.69) is 0 Å². The standard InChI is InChI=1S/C20H11ClO5/c21-13-4-1-3-12(9-13)20(23)25-14-6-7-17-15(10-14)16(22)11-19(26-17)18-5-2-8-24-18/h1-11H. The number of benzene rings is 2. The van der Waals surface area contributed by atoms with Gasteiger partial charge in [-0.05, 0) is 48.5 Å². The minimum Gasteiger partial charge on any atom is -0.461 e. The quantitative estimate of drug-likeness (QED) is 0.380. The van der Waals surface area contributed by atoms with Crippen molar-refractivity contribution in [2.75, 3.05) is 0 Å². The lowest BCUT2D eigenvalue weighted by Gasteiger charge is -2.06. The van der Waals surface area contributed by atoms with Crippen molar-refractivity contribution in [1.29, 1.82) is 0 Å². The summed E-state index contributed by atoms with van der Waals surface area (Å²) in [5, 5.41) is 0.737. The number of hydrogen-bond donors (Lipinski definition) is 0. The minimum atomic E-state index is -0.566. The normalized spacial score (nSPS) is 10.8. The van der Waals surface area contributed by atoms with Crippen LogP contribution in [0.25, 0.3) is 22.5 Å². The molecular weight excluding hydrogens is 356 g/mol. The van der Waals surface area contributed by atoms with Crippen LogP contribution >= 0.6 is 11.6 Å². The van der Waals surface area contributed by atoms with E-state index in [1.807, 2.05) is 0 Å². The van der Waals surface area contributed by atoms with Crippen molar-refractivity contribution in [3.05, 3.63) is 87.7 Å². The van der Waals surface area contributed by atoms with Crippen molar-refractivity contribution in [2.45, 2.75) is 0 Å². The molecule has 2 aromatic heterocycles. The first-order valence-electron chi connectivity index (χ1n) is 7.70. The maximum absolute atomic E-state index is 12.4. The summed E-state index contributed by atoms with van der Waals surface area (Å²) >= 11 is 5.88. The van der Waals surface area contributed by atoms with Gasteiger partial charge in [0.2, 0.25) is 0 Å². The third-order valence-corrected chi connectivity index (χ3v) is 3.97. The topological polar surface area (TPSA) is 69.7 Å². The molecule has 0 saturated carbocycles. The van der Waals surface area contributed by atoms with E-state index in [1.165, 1.54) is 24.5 Å². The Morgan fingerprint density at radius 3 is 2.62 bits per heavy atom. The molecule has 0 radical (unpaired) electrons. The van der Waals surface area contributed by atoms with E-state index >= 15 is 0 Å². The fourth-order valence-corrected chi connectivity index (χ4v) is 2.71. The van der Waals surface area contributed by atoms with Gasteiger partial charge in [0.1, 0.15) is 11.3 Å². The van der Waals surface area contributed by atoms with Crippen LogP contribution in [0.4, 0.5) is 0 Å². The molecule has 0 fully saturated rings. The van der Waals surface area contributed by atoms with Crippen LogP contribution in [0, 0.1) is 0 Å². The molecule has 0 aliphatic heterocycles. The molecular formula is C20H11ClO5. The first kappa shape index (κ1) is 16.2. The Balaban J connectivity index is 1.68. The minimum absolute atomic E-state index is 0.237. The van der Waals surface area contributed by atoms with E-state index < -0.39 is 5.97 Å². The number of esters is 1. The third-order valence-electron chi connectivity index (χ3n) is 3.73. The molecule has 6 heteroatoms. The molecule has 2 aromatic carbocycles. The van der Waals surface area contributed by atoms with Crippen molar-refractivity contribution in [3.63, 3.8) is 0 Å². The monoisotopic (exact) mass is 366 g/mol. The SMILES string of the molecule is O=C(Oc1ccc2oc(-c3ccco3)cc(=O)c2c1)c1cccc(Cl)c1. The van der Waals surface area contributed by atoms with Crippen LogP contribution in [-0.4, -0.2) is 5.97 Å². The lowest BCUT2D eigenvalue weighted by Crippen LogP contribution is -2.09. The predicted molar refractivity (Wildman–Crippen MR) is 96.6 cm³/mol. The lowest BCUT2D eigenvalue weighted by molar-refractivity contribution is 0.0735. The second-order valence-corrected chi connectivity index (χ2v) is 5.95. The molecule has 0 atom stereocenters. The van der Waals surface area contributed by atoms with Gasteiger partial charge in [-0.3, -0.25) is 4.79 Å². The van der Waals surface area contributed by atoms with Gasteiger partial charge in [0, 0.05) is 11.1 Å². The Morgan fingerprint density at radius 2 is 1.85 bits per heavy atom. The highest BCUT2D eigenvalue weighted by molar-refractivity contribution is 6.30. The van der Waals surface area contributed by atoms with Gasteiger partial charge < -0.3 is 13.6 Å². The molecule has 26 heavy (non-hydrogen) atoms. The van der Waals surface area contributed by atoms with Gasteiger partial charge >= 0.3 is 5.97 Å². The first-order chi connectivity index (χ1) is 12.6. The van der Waals surface area contributed by atoms with E-state index in [0.29, 0.717) is 33.1 Å². The highest BCUT2D eigenvalue weighted by Gasteiger charge is 2.13. The van der Waals surface area contributed by atoms with Crippen LogP contribution < -0.4 is 10.2 Å². The number of halogens is 1. The summed E-state index contributed by atoms with van der Waals surface area (Å²) < 4.78 is 16.3. The molecule has 0 amide bonds. The van der Waals surface area contributed by atoms with Gasteiger partial charge in [0.15, 0.2) is 16.9 Å². The van der Waals surface area contributed by atoms with E-state index in [0.717, 1.165) is 0 Å². The molecule has 0 aliphatic rings. The summed E-state index contributed by atoms with van der Waals surface area (Å²) in [6, 6.07) is 15.8. The lowest BCUT2D eigenvalue weighted by atomic mass is 10.2. The van der Waals surface area contributed by atoms with Gasteiger partial charge in [-0.2, -0.15) is 0 Å². The molecule has 0 aliphatic carbocycles. The molecule has 0 spiro atoms. The molecule has 2 heterocycles. The number of fused-ring (bicyclic) bond motifs is 1. The zero-order valence-electron chi connectivity index (χ0n) is 13.3. The van der Waals surface area contributed by atoms with Crippen molar-refractivity contribution in [2.24, 2.45) is 0 Å². The van der Waals surface area contributed by atoms with E-state index in [-0.39, 0.29) is 11.2 Å². The average molecular weight is 367 g/mol. The zero-order chi connectivity index (χ0) is 18.1. The number of ether oxygens (including phenoxy) is 1. The number of carbonyl (C=O) groups excluding carboxylic acids is 1. The number of hydrogen-bond acceptors (Lipinski definition) is 5. The van der Waals surface area contributed by atoms with Gasteiger partial charge in [-0.25, -0.2) is 4.79 Å². The first-order valence-corrected chi connectivity index (χ1v) is 8.07. The molecule has 5 nitrogen and oxygen atoms in total. The maximum Gasteiger partial charge on any atom is 0.343 e. The van der Waals surface area contributed by atoms with Crippen molar-refractivity contribution in [1.82, 2.24) is 0 Å². The van der Waals surface area contributed by atoms with E-state index in [1.54, 1.807) is 42.5 Å². The molecule has 0 N–H and O–H groups in total. The Kier molecular flexibility index (Phi) is 4.07. The average Bonchev–Trinajstić information content (AvgIpc) is 3.17. The van der Waals surface area contributed by atoms with Crippen LogP contribution in [0.2, 0.25) is 5.02 Å². The van der Waals surface area contributed by atoms with Crippen LogP contribution in [0.15, 0.2) is 80.6 Å². The predicted octanol–water partition coefficient (Wildman–Crippen LogP) is 4.93. The second kappa shape index (κ2) is 6.54.